The lowest BCUT2D eigenvalue weighted by Gasteiger charge is -2.36. The number of hydrogen-bond acceptors (Lipinski definition) is 3. The Morgan fingerprint density at radius 2 is 1.60 bits per heavy atom. The zero-order valence-electron chi connectivity index (χ0n) is 14.9. The maximum Gasteiger partial charge on any atom is 0.253 e. The fraction of sp³-hybridized carbons (Fsp3) is 0.526. The SMILES string of the molecule is CC(C)N1CC(C(=O)N2CCN(C(=O)c3ccccc3)CC2)CC1=O. The summed E-state index contributed by atoms with van der Waals surface area (Å²) in [4.78, 5) is 42.6. The smallest absolute Gasteiger partial charge is 0.253 e. The molecule has 1 aromatic carbocycles. The van der Waals surface area contributed by atoms with Gasteiger partial charge in [0.05, 0.1) is 5.92 Å². The van der Waals surface area contributed by atoms with Crippen molar-refractivity contribution in [2.75, 3.05) is 32.7 Å². The molecule has 2 heterocycles. The Morgan fingerprint density at radius 3 is 2.16 bits per heavy atom. The van der Waals surface area contributed by atoms with E-state index in [1.807, 2.05) is 44.2 Å². The Morgan fingerprint density at radius 1 is 1.00 bits per heavy atom. The molecule has 3 rings (SSSR count). The minimum absolute atomic E-state index is 0.00901. The highest BCUT2D eigenvalue weighted by Gasteiger charge is 2.38. The first kappa shape index (κ1) is 17.5. The summed E-state index contributed by atoms with van der Waals surface area (Å²) in [6.45, 7) is 6.59. The molecular weight excluding hydrogens is 318 g/mol. The standard InChI is InChI=1S/C19H25N3O3/c1-14(2)22-13-16(12-17(22)23)19(25)21-10-8-20(9-11-21)18(24)15-6-4-3-5-7-15/h3-7,14,16H,8-13H2,1-2H3. The van der Waals surface area contributed by atoms with E-state index in [1.54, 1.807) is 14.7 Å². The lowest BCUT2D eigenvalue weighted by Crippen LogP contribution is -2.52. The van der Waals surface area contributed by atoms with Gasteiger partial charge in [0.1, 0.15) is 0 Å². The molecule has 2 aliphatic heterocycles. The van der Waals surface area contributed by atoms with Crippen LogP contribution in [0.3, 0.4) is 0 Å². The van der Waals surface area contributed by atoms with Gasteiger partial charge in [0.25, 0.3) is 5.91 Å². The summed E-state index contributed by atoms with van der Waals surface area (Å²) in [5.74, 6) is -0.129. The highest BCUT2D eigenvalue weighted by molar-refractivity contribution is 5.94. The number of carbonyl (C=O) groups is 3. The van der Waals surface area contributed by atoms with Gasteiger partial charge in [-0.05, 0) is 26.0 Å². The number of rotatable bonds is 3. The third-order valence-corrected chi connectivity index (χ3v) is 5.03. The molecule has 25 heavy (non-hydrogen) atoms. The quantitative estimate of drug-likeness (QED) is 0.829. The van der Waals surface area contributed by atoms with Gasteiger partial charge in [-0.15, -0.1) is 0 Å². The van der Waals surface area contributed by atoms with Crippen LogP contribution in [0, 0.1) is 5.92 Å². The van der Waals surface area contributed by atoms with Crippen molar-refractivity contribution < 1.29 is 14.4 Å². The fourth-order valence-electron chi connectivity index (χ4n) is 3.55. The van der Waals surface area contributed by atoms with Crippen LogP contribution in [0.2, 0.25) is 0 Å². The van der Waals surface area contributed by atoms with Crippen LogP contribution >= 0.6 is 0 Å². The maximum atomic E-state index is 12.7. The second-order valence-corrected chi connectivity index (χ2v) is 7.02. The van der Waals surface area contributed by atoms with Gasteiger partial charge in [0.15, 0.2) is 0 Å². The van der Waals surface area contributed by atoms with Crippen molar-refractivity contribution in [2.24, 2.45) is 5.92 Å². The molecule has 2 aliphatic rings. The summed E-state index contributed by atoms with van der Waals surface area (Å²) in [6, 6.07) is 9.34. The van der Waals surface area contributed by atoms with E-state index >= 15 is 0 Å². The van der Waals surface area contributed by atoms with Crippen LogP contribution in [-0.4, -0.2) is 71.2 Å². The molecule has 0 bridgehead atoms. The van der Waals surface area contributed by atoms with Crippen molar-refractivity contribution in [1.29, 1.82) is 0 Å². The van der Waals surface area contributed by atoms with Crippen LogP contribution in [0.15, 0.2) is 30.3 Å². The highest BCUT2D eigenvalue weighted by atomic mass is 16.2. The lowest BCUT2D eigenvalue weighted by molar-refractivity contribution is -0.137. The molecule has 1 atom stereocenters. The average molecular weight is 343 g/mol. The molecule has 1 unspecified atom stereocenters. The van der Waals surface area contributed by atoms with Gasteiger partial charge < -0.3 is 14.7 Å². The highest BCUT2D eigenvalue weighted by Crippen LogP contribution is 2.23. The molecule has 0 radical (unpaired) electrons. The molecule has 0 spiro atoms. The van der Waals surface area contributed by atoms with E-state index in [2.05, 4.69) is 0 Å². The van der Waals surface area contributed by atoms with E-state index in [9.17, 15) is 14.4 Å². The number of nitrogens with zero attached hydrogens (tertiary/aromatic N) is 3. The van der Waals surface area contributed by atoms with Crippen LogP contribution in [0.4, 0.5) is 0 Å². The molecule has 0 N–H and O–H groups in total. The molecule has 6 heteroatoms. The van der Waals surface area contributed by atoms with Crippen LogP contribution < -0.4 is 0 Å². The number of benzene rings is 1. The normalized spacial score (nSPS) is 21.2. The molecule has 0 saturated carbocycles. The van der Waals surface area contributed by atoms with E-state index in [0.29, 0.717) is 44.7 Å². The molecule has 1 aromatic rings. The van der Waals surface area contributed by atoms with Gasteiger partial charge in [0.2, 0.25) is 11.8 Å². The predicted molar refractivity (Wildman–Crippen MR) is 93.9 cm³/mol. The molecule has 134 valence electrons. The van der Waals surface area contributed by atoms with Crippen molar-refractivity contribution in [3.63, 3.8) is 0 Å². The number of carbonyl (C=O) groups excluding carboxylic acids is 3. The minimum atomic E-state index is -0.244. The second-order valence-electron chi connectivity index (χ2n) is 7.02. The van der Waals surface area contributed by atoms with E-state index in [-0.39, 0.29) is 29.7 Å². The Bertz CT molecular complexity index is 651. The van der Waals surface area contributed by atoms with Crippen LogP contribution in [0.5, 0.6) is 0 Å². The molecule has 2 fully saturated rings. The monoisotopic (exact) mass is 343 g/mol. The Balaban J connectivity index is 1.55. The topological polar surface area (TPSA) is 60.9 Å². The van der Waals surface area contributed by atoms with Crippen LogP contribution in [0.1, 0.15) is 30.6 Å². The Hall–Kier alpha value is -2.37. The molecule has 0 aromatic heterocycles. The molecule has 6 nitrogen and oxygen atoms in total. The molecule has 0 aliphatic carbocycles. The third kappa shape index (κ3) is 3.67. The van der Waals surface area contributed by atoms with E-state index in [4.69, 9.17) is 0 Å². The number of likely N-dealkylation sites (tertiary alicyclic amines) is 1. The summed E-state index contributed by atoms with van der Waals surface area (Å²) in [6.07, 6.45) is 0.306. The largest absolute Gasteiger partial charge is 0.339 e. The zero-order chi connectivity index (χ0) is 18.0. The Kier molecular flexibility index (Phi) is 5.06. The minimum Gasteiger partial charge on any atom is -0.339 e. The van der Waals surface area contributed by atoms with Gasteiger partial charge in [-0.2, -0.15) is 0 Å². The van der Waals surface area contributed by atoms with Gasteiger partial charge in [-0.25, -0.2) is 0 Å². The van der Waals surface area contributed by atoms with Crippen LogP contribution in [0.25, 0.3) is 0 Å². The Labute approximate surface area is 148 Å². The first-order valence-electron chi connectivity index (χ1n) is 8.90. The first-order chi connectivity index (χ1) is 12.0. The summed E-state index contributed by atoms with van der Waals surface area (Å²) >= 11 is 0. The number of hydrogen-bond donors (Lipinski definition) is 0. The van der Waals surface area contributed by atoms with Gasteiger partial charge in [0, 0.05) is 50.7 Å². The van der Waals surface area contributed by atoms with Crippen molar-refractivity contribution in [1.82, 2.24) is 14.7 Å². The van der Waals surface area contributed by atoms with Gasteiger partial charge in [-0.3, -0.25) is 14.4 Å². The molecule has 3 amide bonds. The molecular formula is C19H25N3O3. The summed E-state index contributed by atoms with van der Waals surface area (Å²) in [5.41, 5.74) is 0.677. The third-order valence-electron chi connectivity index (χ3n) is 5.03. The van der Waals surface area contributed by atoms with E-state index < -0.39 is 0 Å². The summed E-state index contributed by atoms with van der Waals surface area (Å²) in [5, 5.41) is 0. The van der Waals surface area contributed by atoms with Crippen molar-refractivity contribution in [2.45, 2.75) is 26.3 Å². The van der Waals surface area contributed by atoms with Crippen molar-refractivity contribution >= 4 is 17.7 Å². The van der Waals surface area contributed by atoms with E-state index in [0.717, 1.165) is 0 Å². The zero-order valence-corrected chi connectivity index (χ0v) is 14.9. The lowest BCUT2D eigenvalue weighted by atomic mass is 10.1. The number of amides is 3. The average Bonchev–Trinajstić information content (AvgIpc) is 3.03. The van der Waals surface area contributed by atoms with Crippen molar-refractivity contribution in [3.8, 4) is 0 Å². The second kappa shape index (κ2) is 7.25. The van der Waals surface area contributed by atoms with Crippen molar-refractivity contribution in [3.05, 3.63) is 35.9 Å². The number of piperazine rings is 1. The first-order valence-corrected chi connectivity index (χ1v) is 8.90. The predicted octanol–water partition coefficient (Wildman–Crippen LogP) is 1.23. The maximum absolute atomic E-state index is 12.7. The van der Waals surface area contributed by atoms with Crippen LogP contribution in [-0.2, 0) is 9.59 Å². The fourth-order valence-corrected chi connectivity index (χ4v) is 3.55. The van der Waals surface area contributed by atoms with E-state index in [1.165, 1.54) is 0 Å². The van der Waals surface area contributed by atoms with Gasteiger partial charge >= 0.3 is 0 Å². The molecule has 2 saturated heterocycles. The summed E-state index contributed by atoms with van der Waals surface area (Å²) < 4.78 is 0. The summed E-state index contributed by atoms with van der Waals surface area (Å²) in [7, 11) is 0. The van der Waals surface area contributed by atoms with Gasteiger partial charge in [-0.1, -0.05) is 18.2 Å².